The highest BCUT2D eigenvalue weighted by Crippen LogP contribution is 2.36. The van der Waals surface area contributed by atoms with E-state index in [0.717, 1.165) is 66.1 Å². The summed E-state index contributed by atoms with van der Waals surface area (Å²) >= 11 is 0. The van der Waals surface area contributed by atoms with Gasteiger partial charge in [0, 0.05) is 27.1 Å². The van der Waals surface area contributed by atoms with Gasteiger partial charge >= 0.3 is 0 Å². The van der Waals surface area contributed by atoms with Gasteiger partial charge in [-0.25, -0.2) is 4.98 Å². The minimum Gasteiger partial charge on any atom is -0.456 e. The van der Waals surface area contributed by atoms with Gasteiger partial charge in [0.05, 0.1) is 22.9 Å². The molecule has 0 fully saturated rings. The van der Waals surface area contributed by atoms with Crippen LogP contribution >= 0.6 is 0 Å². The summed E-state index contributed by atoms with van der Waals surface area (Å²) in [6.07, 6.45) is 1.91. The highest BCUT2D eigenvalue weighted by molar-refractivity contribution is 6.23. The average Bonchev–Trinajstić information content (AvgIpc) is 3.35. The van der Waals surface area contributed by atoms with E-state index in [1.807, 2.05) is 18.3 Å². The molecule has 0 aliphatic rings. The molecule has 2 heterocycles. The number of aryl methyl sites for hydroxylation is 2. The summed E-state index contributed by atoms with van der Waals surface area (Å²) in [7, 11) is 0. The fourth-order valence-corrected chi connectivity index (χ4v) is 5.85. The summed E-state index contributed by atoms with van der Waals surface area (Å²) < 4.78 is 6.04. The van der Waals surface area contributed by atoms with Crippen LogP contribution in [-0.2, 0) is 0 Å². The second-order valence-electron chi connectivity index (χ2n) is 10.4. The van der Waals surface area contributed by atoms with Crippen molar-refractivity contribution in [1.82, 2.24) is 9.97 Å². The van der Waals surface area contributed by atoms with Crippen LogP contribution in [0.1, 0.15) is 11.1 Å². The lowest BCUT2D eigenvalue weighted by Gasteiger charge is -2.12. The molecule has 0 spiro atoms. The van der Waals surface area contributed by atoms with Crippen molar-refractivity contribution < 1.29 is 4.42 Å². The van der Waals surface area contributed by atoms with Crippen LogP contribution in [0, 0.1) is 13.8 Å². The Morgan fingerprint density at radius 1 is 0.487 bits per heavy atom. The third kappa shape index (κ3) is 3.44. The topological polar surface area (TPSA) is 38.9 Å². The lowest BCUT2D eigenvalue weighted by atomic mass is 9.96. The van der Waals surface area contributed by atoms with E-state index in [1.165, 1.54) is 21.9 Å². The van der Waals surface area contributed by atoms with Gasteiger partial charge in [-0.05, 0) is 72.1 Å². The molecular formula is C36H24N2O. The van der Waals surface area contributed by atoms with Gasteiger partial charge in [0.1, 0.15) is 11.2 Å². The molecule has 0 atom stereocenters. The summed E-state index contributed by atoms with van der Waals surface area (Å²) in [6.45, 7) is 4.26. The molecule has 6 aromatic carbocycles. The van der Waals surface area contributed by atoms with E-state index in [4.69, 9.17) is 14.4 Å². The smallest absolute Gasteiger partial charge is 0.135 e. The molecule has 184 valence electrons. The maximum atomic E-state index is 6.04. The quantitative estimate of drug-likeness (QED) is 0.222. The number of para-hydroxylation sites is 1. The van der Waals surface area contributed by atoms with E-state index in [1.54, 1.807) is 0 Å². The van der Waals surface area contributed by atoms with Crippen LogP contribution in [0.4, 0.5) is 0 Å². The Bertz CT molecular complexity index is 2260. The van der Waals surface area contributed by atoms with Gasteiger partial charge in [0.15, 0.2) is 0 Å². The van der Waals surface area contributed by atoms with Gasteiger partial charge in [0.2, 0.25) is 0 Å². The summed E-state index contributed by atoms with van der Waals surface area (Å²) in [5, 5.41) is 6.98. The van der Waals surface area contributed by atoms with Gasteiger partial charge in [-0.15, -0.1) is 0 Å². The molecule has 0 aliphatic heterocycles. The Labute approximate surface area is 225 Å². The largest absolute Gasteiger partial charge is 0.456 e. The van der Waals surface area contributed by atoms with E-state index in [2.05, 4.69) is 105 Å². The molecule has 0 amide bonds. The molecule has 0 N–H and O–H groups in total. The van der Waals surface area contributed by atoms with E-state index in [9.17, 15) is 0 Å². The normalized spacial score (nSPS) is 11.8. The van der Waals surface area contributed by atoms with Gasteiger partial charge < -0.3 is 4.42 Å². The molecule has 39 heavy (non-hydrogen) atoms. The number of benzene rings is 6. The maximum Gasteiger partial charge on any atom is 0.135 e. The molecule has 0 aliphatic carbocycles. The second kappa shape index (κ2) is 8.24. The molecule has 3 heteroatoms. The van der Waals surface area contributed by atoms with Crippen LogP contribution in [0.3, 0.4) is 0 Å². The van der Waals surface area contributed by atoms with Crippen molar-refractivity contribution in [2.24, 2.45) is 0 Å². The van der Waals surface area contributed by atoms with Gasteiger partial charge in [0.25, 0.3) is 0 Å². The Morgan fingerprint density at radius 2 is 1.18 bits per heavy atom. The van der Waals surface area contributed by atoms with E-state index >= 15 is 0 Å². The molecule has 0 unspecified atom stereocenters. The molecule has 2 aromatic heterocycles. The Morgan fingerprint density at radius 3 is 2.00 bits per heavy atom. The zero-order valence-electron chi connectivity index (χ0n) is 21.7. The molecule has 0 bridgehead atoms. The first-order valence-electron chi connectivity index (χ1n) is 13.2. The fraction of sp³-hybridized carbons (Fsp3) is 0.0556. The number of hydrogen-bond acceptors (Lipinski definition) is 3. The van der Waals surface area contributed by atoms with Gasteiger partial charge in [-0.3, -0.25) is 4.98 Å². The number of fused-ring (bicyclic) bond motifs is 9. The van der Waals surface area contributed by atoms with Crippen molar-refractivity contribution in [2.45, 2.75) is 13.8 Å². The predicted molar refractivity (Wildman–Crippen MR) is 162 cm³/mol. The first-order chi connectivity index (χ1) is 19.1. The van der Waals surface area contributed by atoms with Crippen LogP contribution in [-0.4, -0.2) is 9.97 Å². The monoisotopic (exact) mass is 500 g/mol. The van der Waals surface area contributed by atoms with Crippen LogP contribution in [0.15, 0.2) is 114 Å². The fourth-order valence-electron chi connectivity index (χ4n) is 5.85. The van der Waals surface area contributed by atoms with Gasteiger partial charge in [-0.2, -0.15) is 0 Å². The van der Waals surface area contributed by atoms with Crippen molar-refractivity contribution in [3.63, 3.8) is 0 Å². The maximum absolute atomic E-state index is 6.04. The average molecular weight is 501 g/mol. The summed E-state index contributed by atoms with van der Waals surface area (Å²) in [6, 6.07) is 36.4. The molecule has 8 aromatic rings. The van der Waals surface area contributed by atoms with Gasteiger partial charge in [-0.1, -0.05) is 77.9 Å². The third-order valence-corrected chi connectivity index (χ3v) is 7.79. The minimum atomic E-state index is 0.869. The zero-order valence-corrected chi connectivity index (χ0v) is 21.7. The van der Waals surface area contributed by atoms with Crippen molar-refractivity contribution >= 4 is 54.5 Å². The predicted octanol–water partition coefficient (Wildman–Crippen LogP) is 9.79. The molecule has 8 rings (SSSR count). The lowest BCUT2D eigenvalue weighted by Crippen LogP contribution is -1.93. The van der Waals surface area contributed by atoms with E-state index < -0.39 is 0 Å². The van der Waals surface area contributed by atoms with E-state index in [-0.39, 0.29) is 0 Å². The molecular weight excluding hydrogens is 476 g/mol. The van der Waals surface area contributed by atoms with Crippen LogP contribution in [0.5, 0.6) is 0 Å². The van der Waals surface area contributed by atoms with Crippen LogP contribution in [0.25, 0.3) is 76.9 Å². The summed E-state index contributed by atoms with van der Waals surface area (Å²) in [4.78, 5) is 10.2. The number of aromatic nitrogens is 2. The standard InChI is InChI=1S/C36H24N2O/c1-21-10-13-26-27-14-11-22(2)17-31(27)36-35(30(26)16-21)37-20-32(38-36)25-7-5-6-23(18-25)24-12-15-34-29(19-24)28-8-3-4-9-33(28)39-34/h3-20H,1-2H3. The summed E-state index contributed by atoms with van der Waals surface area (Å²) in [5.41, 5.74) is 10.3. The first-order valence-corrected chi connectivity index (χ1v) is 13.2. The van der Waals surface area contributed by atoms with E-state index in [0.29, 0.717) is 0 Å². The zero-order chi connectivity index (χ0) is 26.1. The first kappa shape index (κ1) is 22.0. The van der Waals surface area contributed by atoms with Crippen molar-refractivity contribution in [1.29, 1.82) is 0 Å². The van der Waals surface area contributed by atoms with Crippen molar-refractivity contribution in [3.05, 3.63) is 120 Å². The Balaban J connectivity index is 1.32. The van der Waals surface area contributed by atoms with Crippen molar-refractivity contribution in [2.75, 3.05) is 0 Å². The molecule has 0 saturated heterocycles. The number of nitrogens with zero attached hydrogens (tertiary/aromatic N) is 2. The highest BCUT2D eigenvalue weighted by Gasteiger charge is 2.14. The Kier molecular flexibility index (Phi) is 4.65. The number of hydrogen-bond donors (Lipinski definition) is 0. The third-order valence-electron chi connectivity index (χ3n) is 7.79. The van der Waals surface area contributed by atoms with Crippen molar-refractivity contribution in [3.8, 4) is 22.4 Å². The molecule has 3 nitrogen and oxygen atoms in total. The van der Waals surface area contributed by atoms with Crippen LogP contribution < -0.4 is 0 Å². The molecule has 0 saturated carbocycles. The van der Waals surface area contributed by atoms with Crippen LogP contribution in [0.2, 0.25) is 0 Å². The highest BCUT2D eigenvalue weighted by atomic mass is 16.3. The minimum absolute atomic E-state index is 0.869. The SMILES string of the molecule is Cc1ccc2c3ccc(C)cc3c3nc(-c4cccc(-c5ccc6oc7ccccc7c6c5)c4)cnc3c2c1. The number of rotatable bonds is 2. The summed E-state index contributed by atoms with van der Waals surface area (Å²) in [5.74, 6) is 0. The molecule has 0 radical (unpaired) electrons. The second-order valence-corrected chi connectivity index (χ2v) is 10.4. The lowest BCUT2D eigenvalue weighted by molar-refractivity contribution is 0.669. The number of furan rings is 1. The Hall–Kier alpha value is -5.02.